The molecule has 2 aromatic carbocycles. The SMILES string of the molecule is CC(C)C[C@H](NC(c1ccc(-c2ccc(S(C)(=O)=O)cc2)cc1)C(F)(F)F)C(=O)NCC(=O)N(C)C. The molecule has 0 spiro atoms. The molecule has 2 N–H and O–H groups in total. The van der Waals surface area contributed by atoms with E-state index >= 15 is 0 Å². The molecule has 0 heterocycles. The molecule has 2 atom stereocenters. The summed E-state index contributed by atoms with van der Waals surface area (Å²) in [5, 5.41) is 4.87. The van der Waals surface area contributed by atoms with E-state index in [0.29, 0.717) is 11.1 Å². The average molecular weight is 528 g/mol. The van der Waals surface area contributed by atoms with E-state index < -0.39 is 34.0 Å². The molecule has 0 radical (unpaired) electrons. The second-order valence-corrected chi connectivity index (χ2v) is 11.3. The van der Waals surface area contributed by atoms with Crippen LogP contribution in [0.3, 0.4) is 0 Å². The van der Waals surface area contributed by atoms with E-state index in [4.69, 9.17) is 0 Å². The van der Waals surface area contributed by atoms with Gasteiger partial charge in [0, 0.05) is 20.4 Å². The van der Waals surface area contributed by atoms with E-state index in [1.165, 1.54) is 55.4 Å². The van der Waals surface area contributed by atoms with Crippen molar-refractivity contribution in [2.24, 2.45) is 5.92 Å². The van der Waals surface area contributed by atoms with Crippen molar-refractivity contribution in [1.82, 2.24) is 15.5 Å². The first-order valence-corrected chi connectivity index (χ1v) is 13.2. The van der Waals surface area contributed by atoms with E-state index in [1.54, 1.807) is 26.0 Å². The van der Waals surface area contributed by atoms with Crippen LogP contribution in [0.25, 0.3) is 11.1 Å². The molecule has 0 aliphatic heterocycles. The molecule has 0 aliphatic rings. The molecule has 2 rings (SSSR count). The maximum Gasteiger partial charge on any atom is 0.407 e. The van der Waals surface area contributed by atoms with E-state index in [1.807, 2.05) is 0 Å². The van der Waals surface area contributed by atoms with Gasteiger partial charge < -0.3 is 10.2 Å². The summed E-state index contributed by atoms with van der Waals surface area (Å²) in [5.41, 5.74) is 1.18. The minimum absolute atomic E-state index is 0.0788. The van der Waals surface area contributed by atoms with Gasteiger partial charge in [0.05, 0.1) is 17.5 Å². The fourth-order valence-corrected chi connectivity index (χ4v) is 4.14. The molecule has 1 unspecified atom stereocenters. The van der Waals surface area contributed by atoms with Crippen LogP contribution in [0.2, 0.25) is 0 Å². The highest BCUT2D eigenvalue weighted by Crippen LogP contribution is 2.34. The minimum atomic E-state index is -4.69. The van der Waals surface area contributed by atoms with Crippen LogP contribution >= 0.6 is 0 Å². The fraction of sp³-hybridized carbons (Fsp3) is 0.440. The Bertz CT molecular complexity index is 1150. The fourth-order valence-electron chi connectivity index (χ4n) is 3.51. The van der Waals surface area contributed by atoms with E-state index in [2.05, 4.69) is 10.6 Å². The summed E-state index contributed by atoms with van der Waals surface area (Å²) < 4.78 is 65.4. The lowest BCUT2D eigenvalue weighted by Crippen LogP contribution is -2.51. The summed E-state index contributed by atoms with van der Waals surface area (Å²) in [6, 6.07) is 8.44. The Morgan fingerprint density at radius 1 is 0.944 bits per heavy atom. The molecule has 2 amide bonds. The number of nitrogens with one attached hydrogen (secondary N) is 2. The van der Waals surface area contributed by atoms with Crippen molar-refractivity contribution in [2.75, 3.05) is 26.9 Å². The van der Waals surface area contributed by atoms with Crippen LogP contribution in [-0.4, -0.2) is 64.2 Å². The first-order valence-electron chi connectivity index (χ1n) is 11.3. The van der Waals surface area contributed by atoms with E-state index in [0.717, 1.165) is 6.26 Å². The largest absolute Gasteiger partial charge is 0.407 e. The monoisotopic (exact) mass is 527 g/mol. The van der Waals surface area contributed by atoms with Crippen LogP contribution in [-0.2, 0) is 19.4 Å². The van der Waals surface area contributed by atoms with Gasteiger partial charge in [-0.25, -0.2) is 8.42 Å². The summed E-state index contributed by atoms with van der Waals surface area (Å²) in [7, 11) is -0.333. The lowest BCUT2D eigenvalue weighted by Gasteiger charge is -2.28. The van der Waals surface area contributed by atoms with Gasteiger partial charge in [-0.2, -0.15) is 13.2 Å². The van der Waals surface area contributed by atoms with Crippen LogP contribution in [0.15, 0.2) is 53.4 Å². The third-order valence-corrected chi connectivity index (χ3v) is 6.62. The van der Waals surface area contributed by atoms with Crippen molar-refractivity contribution < 1.29 is 31.2 Å². The standard InChI is InChI=1S/C25H32F3N3O4S/c1-16(2)14-21(24(33)29-15-22(32)31(3)4)30-23(25(26,27)28)19-8-6-17(7-9-19)18-10-12-20(13-11-18)36(5,34)35/h6-13,16,21,23,30H,14-15H2,1-5H3,(H,29,33)/t21-,23?/m0/s1. The van der Waals surface area contributed by atoms with Gasteiger partial charge in [0.25, 0.3) is 0 Å². The summed E-state index contributed by atoms with van der Waals surface area (Å²) in [5.74, 6) is -1.14. The maximum absolute atomic E-state index is 14.1. The Morgan fingerprint density at radius 3 is 1.86 bits per heavy atom. The quantitative estimate of drug-likeness (QED) is 0.493. The number of rotatable bonds is 10. The Labute approximate surface area is 210 Å². The van der Waals surface area contributed by atoms with Gasteiger partial charge in [-0.05, 0) is 41.2 Å². The topological polar surface area (TPSA) is 95.6 Å². The summed E-state index contributed by atoms with van der Waals surface area (Å²) in [6.07, 6.45) is -3.46. The van der Waals surface area contributed by atoms with Crippen molar-refractivity contribution in [2.45, 2.75) is 43.4 Å². The lowest BCUT2D eigenvalue weighted by atomic mass is 9.97. The highest BCUT2D eigenvalue weighted by Gasteiger charge is 2.43. The summed E-state index contributed by atoms with van der Waals surface area (Å²) >= 11 is 0. The van der Waals surface area contributed by atoms with E-state index in [9.17, 15) is 31.2 Å². The molecule has 0 saturated carbocycles. The molecular weight excluding hydrogens is 495 g/mol. The third kappa shape index (κ3) is 8.34. The Morgan fingerprint density at radius 2 is 1.44 bits per heavy atom. The summed E-state index contributed by atoms with van der Waals surface area (Å²) in [4.78, 5) is 25.9. The number of amides is 2. The second kappa shape index (κ2) is 11.9. The predicted molar refractivity (Wildman–Crippen MR) is 132 cm³/mol. The molecule has 198 valence electrons. The van der Waals surface area contributed by atoms with Gasteiger partial charge in [-0.1, -0.05) is 50.2 Å². The zero-order chi connectivity index (χ0) is 27.3. The van der Waals surface area contributed by atoms with Crippen LogP contribution in [0.4, 0.5) is 13.2 Å². The van der Waals surface area contributed by atoms with Crippen LogP contribution in [0.5, 0.6) is 0 Å². The van der Waals surface area contributed by atoms with Gasteiger partial charge >= 0.3 is 6.18 Å². The lowest BCUT2D eigenvalue weighted by molar-refractivity contribution is -0.161. The molecular formula is C25H32F3N3O4S. The highest BCUT2D eigenvalue weighted by atomic mass is 32.2. The van der Waals surface area contributed by atoms with Crippen LogP contribution in [0.1, 0.15) is 31.9 Å². The molecule has 0 saturated heterocycles. The summed E-state index contributed by atoms with van der Waals surface area (Å²) in [6.45, 7) is 3.27. The molecule has 0 fully saturated rings. The van der Waals surface area contributed by atoms with Gasteiger partial charge in [0.15, 0.2) is 9.84 Å². The molecule has 0 aromatic heterocycles. The molecule has 0 bridgehead atoms. The molecule has 7 nitrogen and oxygen atoms in total. The van der Waals surface area contributed by atoms with E-state index in [-0.39, 0.29) is 35.2 Å². The van der Waals surface area contributed by atoms with Gasteiger partial charge in [0.1, 0.15) is 6.04 Å². The highest BCUT2D eigenvalue weighted by molar-refractivity contribution is 7.90. The van der Waals surface area contributed by atoms with Crippen molar-refractivity contribution >= 4 is 21.7 Å². The van der Waals surface area contributed by atoms with Crippen molar-refractivity contribution in [3.63, 3.8) is 0 Å². The Hall–Kier alpha value is -2.92. The molecule has 0 aliphatic carbocycles. The van der Waals surface area contributed by atoms with Crippen molar-refractivity contribution in [3.8, 4) is 11.1 Å². The van der Waals surface area contributed by atoms with Gasteiger partial charge in [-0.3, -0.25) is 14.9 Å². The van der Waals surface area contributed by atoms with Crippen molar-refractivity contribution in [1.29, 1.82) is 0 Å². The number of nitrogens with zero attached hydrogens (tertiary/aromatic N) is 1. The van der Waals surface area contributed by atoms with Crippen LogP contribution in [0, 0.1) is 5.92 Å². The normalized spacial score (nSPS) is 13.8. The maximum atomic E-state index is 14.1. The first kappa shape index (κ1) is 29.3. The Balaban J connectivity index is 2.28. The minimum Gasteiger partial charge on any atom is -0.347 e. The van der Waals surface area contributed by atoms with Crippen molar-refractivity contribution in [3.05, 3.63) is 54.1 Å². The number of sulfone groups is 1. The number of carbonyl (C=O) groups is 2. The number of hydrogen-bond donors (Lipinski definition) is 2. The smallest absolute Gasteiger partial charge is 0.347 e. The number of likely N-dealkylation sites (N-methyl/N-ethyl adjacent to an activating group) is 1. The number of alkyl halides is 3. The predicted octanol–water partition coefficient (Wildman–Crippen LogP) is 3.57. The first-order chi connectivity index (χ1) is 16.6. The molecule has 2 aromatic rings. The van der Waals surface area contributed by atoms with Gasteiger partial charge in [0.2, 0.25) is 11.8 Å². The van der Waals surface area contributed by atoms with Crippen LogP contribution < -0.4 is 10.6 Å². The average Bonchev–Trinajstić information content (AvgIpc) is 2.78. The number of halogens is 3. The number of carbonyl (C=O) groups excluding carboxylic acids is 2. The molecule has 36 heavy (non-hydrogen) atoms. The Kier molecular flexibility index (Phi) is 9.67. The van der Waals surface area contributed by atoms with Gasteiger partial charge in [-0.15, -0.1) is 0 Å². The molecule has 11 heteroatoms. The number of hydrogen-bond acceptors (Lipinski definition) is 5. The second-order valence-electron chi connectivity index (χ2n) is 9.25. The third-order valence-electron chi connectivity index (χ3n) is 5.49. The zero-order valence-electron chi connectivity index (χ0n) is 20.9. The zero-order valence-corrected chi connectivity index (χ0v) is 21.7. The number of benzene rings is 2.